The van der Waals surface area contributed by atoms with E-state index in [-0.39, 0.29) is 18.2 Å². The number of carbonyl (C=O) groups excluding carboxylic acids is 1. The van der Waals surface area contributed by atoms with Crippen molar-refractivity contribution in [2.75, 3.05) is 5.32 Å². The van der Waals surface area contributed by atoms with Crippen LogP contribution >= 0.6 is 0 Å². The molecular weight excluding hydrogens is 332 g/mol. The minimum atomic E-state index is -0.808. The molecule has 0 spiro atoms. The molecule has 0 aliphatic rings. The lowest BCUT2D eigenvalue weighted by Gasteiger charge is -2.07. The van der Waals surface area contributed by atoms with Gasteiger partial charge in [0.05, 0.1) is 17.6 Å². The van der Waals surface area contributed by atoms with Crippen LogP contribution in [0.1, 0.15) is 16.2 Å². The summed E-state index contributed by atoms with van der Waals surface area (Å²) in [6, 6.07) is 4.52. The van der Waals surface area contributed by atoms with Gasteiger partial charge in [-0.2, -0.15) is 10.2 Å². The van der Waals surface area contributed by atoms with Crippen LogP contribution in [0.25, 0.3) is 0 Å². The molecule has 0 aliphatic carbocycles. The summed E-state index contributed by atoms with van der Waals surface area (Å²) in [5.41, 5.74) is 1.57. The predicted octanol–water partition coefficient (Wildman–Crippen LogP) is 2.49. The van der Waals surface area contributed by atoms with E-state index in [9.17, 15) is 13.6 Å². The number of carbonyl (C=O) groups is 1. The van der Waals surface area contributed by atoms with Gasteiger partial charge in [-0.15, -0.1) is 0 Å². The molecule has 1 amide bonds. The molecule has 1 N–H and O–H groups in total. The molecule has 3 aromatic rings. The SMILES string of the molecule is Cc1c(NC(=O)c2ccn(COc3ccc(F)cc3F)n2)cnn1C. The van der Waals surface area contributed by atoms with E-state index in [0.717, 1.165) is 17.8 Å². The Bertz CT molecular complexity index is 919. The normalized spacial score (nSPS) is 10.7. The zero-order chi connectivity index (χ0) is 18.0. The summed E-state index contributed by atoms with van der Waals surface area (Å²) in [5.74, 6) is -2.00. The second-order valence-corrected chi connectivity index (χ2v) is 5.31. The third kappa shape index (κ3) is 3.65. The van der Waals surface area contributed by atoms with Crippen molar-refractivity contribution < 1.29 is 18.3 Å². The summed E-state index contributed by atoms with van der Waals surface area (Å²) < 4.78 is 34.5. The van der Waals surface area contributed by atoms with E-state index in [1.807, 2.05) is 6.92 Å². The van der Waals surface area contributed by atoms with Crippen molar-refractivity contribution in [1.29, 1.82) is 0 Å². The van der Waals surface area contributed by atoms with Crippen molar-refractivity contribution in [3.63, 3.8) is 0 Å². The highest BCUT2D eigenvalue weighted by Gasteiger charge is 2.13. The molecule has 1 aromatic carbocycles. The van der Waals surface area contributed by atoms with Gasteiger partial charge in [-0.1, -0.05) is 0 Å². The quantitative estimate of drug-likeness (QED) is 0.770. The lowest BCUT2D eigenvalue weighted by atomic mass is 10.3. The van der Waals surface area contributed by atoms with Gasteiger partial charge in [0.2, 0.25) is 0 Å². The Balaban J connectivity index is 1.63. The maximum Gasteiger partial charge on any atom is 0.276 e. The summed E-state index contributed by atoms with van der Waals surface area (Å²) in [7, 11) is 1.77. The first-order chi connectivity index (χ1) is 11.9. The summed E-state index contributed by atoms with van der Waals surface area (Å²) >= 11 is 0. The fourth-order valence-corrected chi connectivity index (χ4v) is 2.09. The number of aromatic nitrogens is 4. The van der Waals surface area contributed by atoms with E-state index in [0.29, 0.717) is 5.69 Å². The van der Waals surface area contributed by atoms with Crippen molar-refractivity contribution in [2.45, 2.75) is 13.7 Å². The number of hydrogen-bond donors (Lipinski definition) is 1. The van der Waals surface area contributed by atoms with Crippen LogP contribution in [0.15, 0.2) is 36.7 Å². The predicted molar refractivity (Wildman–Crippen MR) is 85.1 cm³/mol. The molecule has 25 heavy (non-hydrogen) atoms. The van der Waals surface area contributed by atoms with E-state index >= 15 is 0 Å². The summed E-state index contributed by atoms with van der Waals surface area (Å²) in [6.07, 6.45) is 3.07. The van der Waals surface area contributed by atoms with Gasteiger partial charge < -0.3 is 10.1 Å². The highest BCUT2D eigenvalue weighted by Crippen LogP contribution is 2.18. The molecule has 0 aliphatic heterocycles. The molecule has 0 saturated heterocycles. The number of rotatable bonds is 5. The minimum Gasteiger partial charge on any atom is -0.468 e. The second-order valence-electron chi connectivity index (χ2n) is 5.31. The van der Waals surface area contributed by atoms with Gasteiger partial charge in [-0.05, 0) is 25.1 Å². The molecule has 0 atom stereocenters. The number of benzene rings is 1. The number of anilines is 1. The molecule has 0 bridgehead atoms. The van der Waals surface area contributed by atoms with Crippen LogP contribution in [0, 0.1) is 18.6 Å². The maximum atomic E-state index is 13.5. The second kappa shape index (κ2) is 6.71. The Kier molecular flexibility index (Phi) is 4.46. The summed E-state index contributed by atoms with van der Waals surface area (Å²) in [6.45, 7) is 1.70. The highest BCUT2D eigenvalue weighted by atomic mass is 19.1. The zero-order valence-corrected chi connectivity index (χ0v) is 13.5. The topological polar surface area (TPSA) is 74.0 Å². The van der Waals surface area contributed by atoms with Crippen LogP contribution in [0.4, 0.5) is 14.5 Å². The number of hydrogen-bond acceptors (Lipinski definition) is 4. The van der Waals surface area contributed by atoms with Crippen LogP contribution < -0.4 is 10.1 Å². The van der Waals surface area contributed by atoms with Gasteiger partial charge in [0.15, 0.2) is 24.0 Å². The maximum absolute atomic E-state index is 13.5. The molecule has 0 fully saturated rings. The third-order valence-corrected chi connectivity index (χ3v) is 3.60. The number of ether oxygens (including phenoxy) is 1. The molecule has 0 saturated carbocycles. The number of halogens is 2. The Morgan fingerprint density at radius 3 is 2.80 bits per heavy atom. The van der Waals surface area contributed by atoms with Crippen molar-refractivity contribution >= 4 is 11.6 Å². The monoisotopic (exact) mass is 347 g/mol. The lowest BCUT2D eigenvalue weighted by molar-refractivity contribution is 0.102. The Labute approximate surface area is 141 Å². The van der Waals surface area contributed by atoms with Gasteiger partial charge in [0.25, 0.3) is 5.91 Å². The van der Waals surface area contributed by atoms with Gasteiger partial charge in [0, 0.05) is 19.3 Å². The molecule has 0 radical (unpaired) electrons. The highest BCUT2D eigenvalue weighted by molar-refractivity contribution is 6.03. The van der Waals surface area contributed by atoms with E-state index in [1.54, 1.807) is 17.9 Å². The largest absolute Gasteiger partial charge is 0.468 e. The van der Waals surface area contributed by atoms with Crippen LogP contribution in [0.2, 0.25) is 0 Å². The minimum absolute atomic E-state index is 0.103. The molecular formula is C16H15F2N5O2. The van der Waals surface area contributed by atoms with Gasteiger partial charge in [-0.25, -0.2) is 13.5 Å². The van der Waals surface area contributed by atoms with E-state index in [1.165, 1.54) is 23.0 Å². The van der Waals surface area contributed by atoms with E-state index in [2.05, 4.69) is 15.5 Å². The van der Waals surface area contributed by atoms with Crippen molar-refractivity contribution in [3.05, 3.63) is 59.7 Å². The first-order valence-corrected chi connectivity index (χ1v) is 7.35. The number of amides is 1. The van der Waals surface area contributed by atoms with Gasteiger partial charge >= 0.3 is 0 Å². The van der Waals surface area contributed by atoms with Gasteiger partial charge in [-0.3, -0.25) is 9.48 Å². The summed E-state index contributed by atoms with van der Waals surface area (Å²) in [4.78, 5) is 12.2. The van der Waals surface area contributed by atoms with Crippen molar-refractivity contribution in [3.8, 4) is 5.75 Å². The Hall–Kier alpha value is -3.23. The standard InChI is InChI=1S/C16H15F2N5O2/c1-10-14(8-19-22(10)2)20-16(24)13-5-6-23(21-13)9-25-15-4-3-11(17)7-12(15)18/h3-8H,9H2,1-2H3,(H,20,24). The molecule has 2 aromatic heterocycles. The molecule has 7 nitrogen and oxygen atoms in total. The lowest BCUT2D eigenvalue weighted by Crippen LogP contribution is -2.14. The smallest absolute Gasteiger partial charge is 0.276 e. The Morgan fingerprint density at radius 2 is 2.12 bits per heavy atom. The molecule has 2 heterocycles. The third-order valence-electron chi connectivity index (χ3n) is 3.60. The van der Waals surface area contributed by atoms with Crippen LogP contribution in [-0.2, 0) is 13.8 Å². The Morgan fingerprint density at radius 1 is 1.32 bits per heavy atom. The van der Waals surface area contributed by atoms with Crippen LogP contribution in [0.3, 0.4) is 0 Å². The average Bonchev–Trinajstić information content (AvgIpc) is 3.16. The number of nitrogens with one attached hydrogen (secondary N) is 1. The molecule has 0 unspecified atom stereocenters. The fraction of sp³-hybridized carbons (Fsp3) is 0.188. The van der Waals surface area contributed by atoms with E-state index < -0.39 is 17.5 Å². The first-order valence-electron chi connectivity index (χ1n) is 7.35. The summed E-state index contributed by atoms with van der Waals surface area (Å²) in [5, 5.41) is 10.8. The van der Waals surface area contributed by atoms with Crippen LogP contribution in [0.5, 0.6) is 5.75 Å². The van der Waals surface area contributed by atoms with Crippen molar-refractivity contribution in [1.82, 2.24) is 19.6 Å². The first kappa shape index (κ1) is 16.6. The van der Waals surface area contributed by atoms with E-state index in [4.69, 9.17) is 4.74 Å². The zero-order valence-electron chi connectivity index (χ0n) is 13.5. The molecule has 130 valence electrons. The van der Waals surface area contributed by atoms with Gasteiger partial charge in [0.1, 0.15) is 5.82 Å². The number of aryl methyl sites for hydroxylation is 1. The number of nitrogens with zero attached hydrogens (tertiary/aromatic N) is 4. The van der Waals surface area contributed by atoms with Crippen molar-refractivity contribution in [2.24, 2.45) is 7.05 Å². The molecule has 3 rings (SSSR count). The van der Waals surface area contributed by atoms with Crippen LogP contribution in [-0.4, -0.2) is 25.5 Å². The fourth-order valence-electron chi connectivity index (χ4n) is 2.09. The molecule has 9 heteroatoms. The average molecular weight is 347 g/mol.